The number of aryl methyl sites for hydroxylation is 2. The molecule has 6 nitrogen and oxygen atoms in total. The first-order valence-electron chi connectivity index (χ1n) is 11.5. The van der Waals surface area contributed by atoms with Crippen LogP contribution in [0.3, 0.4) is 0 Å². The van der Waals surface area contributed by atoms with E-state index in [4.69, 9.17) is 9.47 Å². The Bertz CT molecular complexity index is 1050. The molecule has 2 aromatic carbocycles. The predicted molar refractivity (Wildman–Crippen MR) is 129 cm³/mol. The Morgan fingerprint density at radius 3 is 2.36 bits per heavy atom. The molecule has 1 unspecified atom stereocenters. The number of Topliss-reactive ketones (excluding diaryl/α,β-unsaturated/α-hetero) is 1. The molecule has 1 amide bonds. The summed E-state index contributed by atoms with van der Waals surface area (Å²) < 4.78 is 11.2. The fourth-order valence-corrected chi connectivity index (χ4v) is 4.30. The molecule has 3 rings (SSSR count). The third-order valence-corrected chi connectivity index (χ3v) is 5.84. The van der Waals surface area contributed by atoms with Gasteiger partial charge in [-0.05, 0) is 61.6 Å². The normalized spacial score (nSPS) is 17.5. The van der Waals surface area contributed by atoms with Gasteiger partial charge in [0, 0.05) is 6.54 Å². The fourth-order valence-electron chi connectivity index (χ4n) is 4.30. The van der Waals surface area contributed by atoms with Crippen LogP contribution in [0.5, 0.6) is 11.5 Å². The van der Waals surface area contributed by atoms with Gasteiger partial charge in [-0.1, -0.05) is 38.5 Å². The van der Waals surface area contributed by atoms with Gasteiger partial charge in [-0.2, -0.15) is 0 Å². The van der Waals surface area contributed by atoms with Crippen molar-refractivity contribution in [1.82, 2.24) is 4.90 Å². The third kappa shape index (κ3) is 4.90. The summed E-state index contributed by atoms with van der Waals surface area (Å²) in [5.74, 6) is -0.278. The van der Waals surface area contributed by atoms with E-state index in [2.05, 4.69) is 0 Å². The lowest BCUT2D eigenvalue weighted by molar-refractivity contribution is -0.139. The number of ether oxygens (including phenoxy) is 2. The lowest BCUT2D eigenvalue weighted by atomic mass is 9.93. The van der Waals surface area contributed by atoms with Crippen LogP contribution in [-0.4, -0.2) is 42.0 Å². The molecule has 1 heterocycles. The maximum Gasteiger partial charge on any atom is 0.295 e. The molecule has 33 heavy (non-hydrogen) atoms. The molecule has 1 aliphatic rings. The van der Waals surface area contributed by atoms with Crippen LogP contribution in [0.25, 0.3) is 5.76 Å². The van der Waals surface area contributed by atoms with Crippen molar-refractivity contribution in [2.24, 2.45) is 0 Å². The number of carbonyl (C=O) groups excluding carboxylic acids is 2. The first kappa shape index (κ1) is 24.4. The Balaban J connectivity index is 2.17. The standard InChI is InChI=1S/C27H33NO5/c1-6-8-13-28-23(19-9-11-20(12-10-19)33-14-7-2)22(25(30)27(28)31)24(29)21-16-17(3)15-18(4)26(21)32-5/h9-12,15-16,23,29H,6-8,13-14H2,1-5H3/b24-22+. The molecule has 0 aromatic heterocycles. The Kier molecular flexibility index (Phi) is 7.79. The fraction of sp³-hybridized carbons (Fsp3) is 0.407. The molecule has 0 spiro atoms. The first-order chi connectivity index (χ1) is 15.8. The molecule has 0 saturated carbocycles. The number of likely N-dealkylation sites (tertiary alicyclic amines) is 1. The van der Waals surface area contributed by atoms with Crippen molar-refractivity contribution in [2.45, 2.75) is 53.0 Å². The summed E-state index contributed by atoms with van der Waals surface area (Å²) in [6.07, 6.45) is 2.54. The van der Waals surface area contributed by atoms with E-state index in [0.29, 0.717) is 24.5 Å². The monoisotopic (exact) mass is 451 g/mol. The molecule has 0 radical (unpaired) electrons. The van der Waals surface area contributed by atoms with Crippen LogP contribution in [0, 0.1) is 13.8 Å². The molecule has 176 valence electrons. The molecule has 1 N–H and O–H groups in total. The summed E-state index contributed by atoms with van der Waals surface area (Å²) in [5, 5.41) is 11.4. The van der Waals surface area contributed by atoms with Gasteiger partial charge in [-0.25, -0.2) is 0 Å². The summed E-state index contributed by atoms with van der Waals surface area (Å²) >= 11 is 0. The van der Waals surface area contributed by atoms with Gasteiger partial charge in [0.1, 0.15) is 17.3 Å². The number of aliphatic hydroxyl groups is 1. The van der Waals surface area contributed by atoms with Crippen LogP contribution in [0.1, 0.15) is 61.4 Å². The van der Waals surface area contributed by atoms with Crippen LogP contribution in [0.4, 0.5) is 0 Å². The summed E-state index contributed by atoms with van der Waals surface area (Å²) in [6, 6.07) is 10.4. The lowest BCUT2D eigenvalue weighted by Crippen LogP contribution is -2.30. The minimum absolute atomic E-state index is 0.0848. The Morgan fingerprint density at radius 2 is 1.76 bits per heavy atom. The van der Waals surface area contributed by atoms with Crippen molar-refractivity contribution in [3.63, 3.8) is 0 Å². The molecule has 0 aliphatic carbocycles. The zero-order chi connectivity index (χ0) is 24.1. The number of aliphatic hydroxyl groups excluding tert-OH is 1. The summed E-state index contributed by atoms with van der Waals surface area (Å²) in [4.78, 5) is 27.8. The summed E-state index contributed by atoms with van der Waals surface area (Å²) in [6.45, 7) is 8.91. The Hall–Kier alpha value is -3.28. The Labute approximate surface area is 195 Å². The molecule has 6 heteroatoms. The van der Waals surface area contributed by atoms with Gasteiger partial charge in [0.25, 0.3) is 11.7 Å². The van der Waals surface area contributed by atoms with Crippen molar-refractivity contribution < 1.29 is 24.2 Å². The number of methoxy groups -OCH3 is 1. The molecule has 2 aromatic rings. The number of ketones is 1. The number of unbranched alkanes of at least 4 members (excludes halogenated alkanes) is 1. The Morgan fingerprint density at radius 1 is 1.06 bits per heavy atom. The molecule has 0 bridgehead atoms. The summed E-state index contributed by atoms with van der Waals surface area (Å²) in [7, 11) is 1.53. The zero-order valence-corrected chi connectivity index (χ0v) is 20.1. The first-order valence-corrected chi connectivity index (χ1v) is 11.5. The number of nitrogens with zero attached hydrogens (tertiary/aromatic N) is 1. The quantitative estimate of drug-likeness (QED) is 0.317. The van der Waals surface area contributed by atoms with Crippen LogP contribution in [0.2, 0.25) is 0 Å². The second kappa shape index (κ2) is 10.6. The van der Waals surface area contributed by atoms with E-state index in [-0.39, 0.29) is 11.3 Å². The molecule has 1 atom stereocenters. The number of hydrogen-bond donors (Lipinski definition) is 1. The smallest absolute Gasteiger partial charge is 0.295 e. The van der Waals surface area contributed by atoms with Gasteiger partial charge in [-0.15, -0.1) is 0 Å². The van der Waals surface area contributed by atoms with Crippen molar-refractivity contribution in [1.29, 1.82) is 0 Å². The van der Waals surface area contributed by atoms with E-state index < -0.39 is 17.7 Å². The SMILES string of the molecule is CCCCN1C(=O)C(=O)/C(=C(/O)c2cc(C)cc(C)c2OC)C1c1ccc(OCCC)cc1. The van der Waals surface area contributed by atoms with Crippen LogP contribution < -0.4 is 9.47 Å². The van der Waals surface area contributed by atoms with E-state index in [1.54, 1.807) is 11.0 Å². The van der Waals surface area contributed by atoms with Gasteiger partial charge >= 0.3 is 0 Å². The maximum atomic E-state index is 13.2. The zero-order valence-electron chi connectivity index (χ0n) is 20.1. The van der Waals surface area contributed by atoms with Crippen molar-refractivity contribution in [3.8, 4) is 11.5 Å². The number of hydrogen-bond acceptors (Lipinski definition) is 5. The van der Waals surface area contributed by atoms with Crippen LogP contribution >= 0.6 is 0 Å². The minimum atomic E-state index is -0.680. The van der Waals surface area contributed by atoms with Crippen molar-refractivity contribution in [3.05, 3.63) is 64.2 Å². The van der Waals surface area contributed by atoms with Gasteiger partial charge in [0.15, 0.2) is 0 Å². The molecular formula is C27H33NO5. The second-order valence-corrected chi connectivity index (χ2v) is 8.43. The maximum absolute atomic E-state index is 13.2. The van der Waals surface area contributed by atoms with Crippen LogP contribution in [-0.2, 0) is 9.59 Å². The van der Waals surface area contributed by atoms with Gasteiger partial charge in [0.05, 0.1) is 30.9 Å². The third-order valence-electron chi connectivity index (χ3n) is 5.84. The minimum Gasteiger partial charge on any atom is -0.507 e. The van der Waals surface area contributed by atoms with E-state index in [0.717, 1.165) is 41.7 Å². The van der Waals surface area contributed by atoms with Gasteiger partial charge < -0.3 is 19.5 Å². The highest BCUT2D eigenvalue weighted by molar-refractivity contribution is 6.46. The molecular weight excluding hydrogens is 418 g/mol. The topological polar surface area (TPSA) is 76.1 Å². The molecule has 1 aliphatic heterocycles. The number of benzene rings is 2. The van der Waals surface area contributed by atoms with E-state index in [1.807, 2.05) is 58.0 Å². The second-order valence-electron chi connectivity index (χ2n) is 8.43. The number of rotatable bonds is 9. The lowest BCUT2D eigenvalue weighted by Gasteiger charge is -2.25. The molecule has 1 saturated heterocycles. The van der Waals surface area contributed by atoms with Crippen molar-refractivity contribution >= 4 is 17.4 Å². The van der Waals surface area contributed by atoms with Gasteiger partial charge in [-0.3, -0.25) is 9.59 Å². The highest BCUT2D eigenvalue weighted by atomic mass is 16.5. The summed E-state index contributed by atoms with van der Waals surface area (Å²) in [5.41, 5.74) is 3.01. The number of carbonyl (C=O) groups is 2. The van der Waals surface area contributed by atoms with E-state index >= 15 is 0 Å². The van der Waals surface area contributed by atoms with Crippen LogP contribution in [0.15, 0.2) is 42.0 Å². The largest absolute Gasteiger partial charge is 0.507 e. The average Bonchev–Trinajstić information content (AvgIpc) is 3.05. The predicted octanol–water partition coefficient (Wildman–Crippen LogP) is 5.32. The van der Waals surface area contributed by atoms with Gasteiger partial charge in [0.2, 0.25) is 0 Å². The van der Waals surface area contributed by atoms with Crippen molar-refractivity contribution in [2.75, 3.05) is 20.3 Å². The molecule has 1 fully saturated rings. The highest BCUT2D eigenvalue weighted by Crippen LogP contribution is 2.42. The number of amides is 1. The average molecular weight is 452 g/mol. The van der Waals surface area contributed by atoms with E-state index in [9.17, 15) is 14.7 Å². The highest BCUT2D eigenvalue weighted by Gasteiger charge is 2.46. The van der Waals surface area contributed by atoms with E-state index in [1.165, 1.54) is 7.11 Å².